The van der Waals surface area contributed by atoms with E-state index < -0.39 is 0 Å². The maximum Gasteiger partial charge on any atom is 0.191 e. The molecule has 3 rings (SSSR count). The van der Waals surface area contributed by atoms with Gasteiger partial charge in [-0.3, -0.25) is 9.89 Å². The van der Waals surface area contributed by atoms with E-state index in [1.165, 1.54) is 43.5 Å². The first-order valence-electron chi connectivity index (χ1n) is 10.9. The summed E-state index contributed by atoms with van der Waals surface area (Å²) in [5.74, 6) is 1.75. The summed E-state index contributed by atoms with van der Waals surface area (Å²) in [7, 11) is 1.81. The summed E-state index contributed by atoms with van der Waals surface area (Å²) in [6.45, 7) is 9.08. The molecule has 0 bridgehead atoms. The van der Waals surface area contributed by atoms with E-state index in [4.69, 9.17) is 4.52 Å². The molecule has 1 aromatic carbocycles. The molecule has 0 unspecified atom stereocenters. The van der Waals surface area contributed by atoms with Crippen molar-refractivity contribution in [2.45, 2.75) is 65.6 Å². The number of piperidine rings is 1. The zero-order chi connectivity index (χ0) is 20.5. The molecule has 1 aromatic heterocycles. The SMILES string of the molecule is CCc1noc(CC)c1CNC(=NC)NCc1ccccc1CN1CCCCC1.I. The minimum Gasteiger partial charge on any atom is -0.361 e. The minimum atomic E-state index is 0. The standard InChI is InChI=1S/C23H35N5O.HI/c1-4-21-20(22(5-2)29-27-21)16-26-23(24-3)25-15-18-11-7-8-12-19(18)17-28-13-9-6-10-14-28;/h7-8,11-12H,4-6,9-10,13-17H2,1-3H3,(H2,24,25,26);1H. The highest BCUT2D eigenvalue weighted by atomic mass is 127. The quantitative estimate of drug-likeness (QED) is 0.306. The fraction of sp³-hybridized carbons (Fsp3) is 0.565. The number of nitrogens with zero attached hydrogens (tertiary/aromatic N) is 3. The van der Waals surface area contributed by atoms with E-state index in [1.807, 2.05) is 7.05 Å². The van der Waals surface area contributed by atoms with Gasteiger partial charge < -0.3 is 15.2 Å². The first-order valence-corrected chi connectivity index (χ1v) is 10.9. The van der Waals surface area contributed by atoms with Crippen molar-refractivity contribution >= 4 is 29.9 Å². The van der Waals surface area contributed by atoms with E-state index in [9.17, 15) is 0 Å². The molecule has 1 saturated heterocycles. The molecule has 2 heterocycles. The van der Waals surface area contributed by atoms with E-state index >= 15 is 0 Å². The second-order valence-corrected chi connectivity index (χ2v) is 7.62. The van der Waals surface area contributed by atoms with Crippen LogP contribution in [-0.2, 0) is 32.5 Å². The number of guanidine groups is 1. The van der Waals surface area contributed by atoms with E-state index in [0.29, 0.717) is 6.54 Å². The van der Waals surface area contributed by atoms with Crippen molar-refractivity contribution < 1.29 is 4.52 Å². The summed E-state index contributed by atoms with van der Waals surface area (Å²) in [5.41, 5.74) is 4.91. The third kappa shape index (κ3) is 6.70. The normalized spacial score (nSPS) is 15.0. The van der Waals surface area contributed by atoms with E-state index in [-0.39, 0.29) is 24.0 Å². The zero-order valence-electron chi connectivity index (χ0n) is 18.5. The Bertz CT molecular complexity index is 777. The van der Waals surface area contributed by atoms with Crippen molar-refractivity contribution in [2.24, 2.45) is 4.99 Å². The summed E-state index contributed by atoms with van der Waals surface area (Å²) in [6.07, 6.45) is 5.72. The molecule has 6 nitrogen and oxygen atoms in total. The number of likely N-dealkylation sites (tertiary alicyclic amines) is 1. The average Bonchev–Trinajstić information content (AvgIpc) is 3.17. The maximum absolute atomic E-state index is 5.46. The number of rotatable bonds is 8. The van der Waals surface area contributed by atoms with Gasteiger partial charge in [0.2, 0.25) is 0 Å². The number of hydrogen-bond donors (Lipinski definition) is 2. The van der Waals surface area contributed by atoms with Crippen molar-refractivity contribution in [2.75, 3.05) is 20.1 Å². The lowest BCUT2D eigenvalue weighted by molar-refractivity contribution is 0.220. The number of benzene rings is 1. The van der Waals surface area contributed by atoms with Crippen LogP contribution in [0.1, 0.15) is 61.3 Å². The van der Waals surface area contributed by atoms with Crippen LogP contribution < -0.4 is 10.6 Å². The van der Waals surface area contributed by atoms with Crippen LogP contribution in [-0.4, -0.2) is 36.2 Å². The molecule has 0 saturated carbocycles. The Kier molecular flexibility index (Phi) is 10.6. The highest BCUT2D eigenvalue weighted by Crippen LogP contribution is 2.17. The molecule has 30 heavy (non-hydrogen) atoms. The monoisotopic (exact) mass is 525 g/mol. The Morgan fingerprint density at radius 2 is 1.73 bits per heavy atom. The molecule has 0 aliphatic carbocycles. The number of aliphatic imine (C=N–C) groups is 1. The van der Waals surface area contributed by atoms with E-state index in [2.05, 4.69) is 63.8 Å². The summed E-state index contributed by atoms with van der Waals surface area (Å²) < 4.78 is 5.46. The lowest BCUT2D eigenvalue weighted by Gasteiger charge is -2.27. The first-order chi connectivity index (χ1) is 14.2. The topological polar surface area (TPSA) is 65.7 Å². The van der Waals surface area contributed by atoms with Crippen molar-refractivity contribution in [3.8, 4) is 0 Å². The molecule has 2 N–H and O–H groups in total. The fourth-order valence-electron chi connectivity index (χ4n) is 3.95. The smallest absolute Gasteiger partial charge is 0.191 e. The van der Waals surface area contributed by atoms with Crippen LogP contribution in [0.2, 0.25) is 0 Å². The van der Waals surface area contributed by atoms with Crippen LogP contribution in [0.25, 0.3) is 0 Å². The molecule has 2 aromatic rings. The van der Waals surface area contributed by atoms with Gasteiger partial charge >= 0.3 is 0 Å². The Hall–Kier alpha value is -1.61. The van der Waals surface area contributed by atoms with Crippen molar-refractivity contribution in [3.63, 3.8) is 0 Å². The largest absolute Gasteiger partial charge is 0.361 e. The molecule has 166 valence electrons. The van der Waals surface area contributed by atoms with Gasteiger partial charge in [-0.1, -0.05) is 49.7 Å². The molecule has 0 atom stereocenters. The van der Waals surface area contributed by atoms with Crippen LogP contribution in [0.5, 0.6) is 0 Å². The Morgan fingerprint density at radius 1 is 1.03 bits per heavy atom. The molecular weight excluding hydrogens is 489 g/mol. The van der Waals surface area contributed by atoms with Crippen LogP contribution in [0, 0.1) is 0 Å². The Morgan fingerprint density at radius 3 is 2.40 bits per heavy atom. The van der Waals surface area contributed by atoms with Gasteiger partial charge in [-0.25, -0.2) is 0 Å². The Labute approximate surface area is 197 Å². The van der Waals surface area contributed by atoms with Gasteiger partial charge in [0.05, 0.1) is 5.69 Å². The first kappa shape index (κ1) is 24.7. The number of aryl methyl sites for hydroxylation is 2. The zero-order valence-corrected chi connectivity index (χ0v) is 20.9. The fourth-order valence-corrected chi connectivity index (χ4v) is 3.95. The molecule has 0 radical (unpaired) electrons. The van der Waals surface area contributed by atoms with Crippen molar-refractivity contribution in [3.05, 3.63) is 52.4 Å². The van der Waals surface area contributed by atoms with E-state index in [1.54, 1.807) is 0 Å². The van der Waals surface area contributed by atoms with Crippen LogP contribution in [0.15, 0.2) is 33.8 Å². The van der Waals surface area contributed by atoms with Gasteiger partial charge in [0.25, 0.3) is 0 Å². The highest BCUT2D eigenvalue weighted by molar-refractivity contribution is 14.0. The average molecular weight is 525 g/mol. The van der Waals surface area contributed by atoms with Gasteiger partial charge in [-0.15, -0.1) is 24.0 Å². The van der Waals surface area contributed by atoms with Gasteiger partial charge in [-0.05, 0) is 43.5 Å². The number of aromatic nitrogens is 1. The molecular formula is C23H36IN5O. The number of halogens is 1. The maximum atomic E-state index is 5.46. The summed E-state index contributed by atoms with van der Waals surface area (Å²) >= 11 is 0. The molecule has 0 amide bonds. The molecule has 0 spiro atoms. The predicted molar refractivity (Wildman–Crippen MR) is 133 cm³/mol. The molecule has 1 fully saturated rings. The minimum absolute atomic E-state index is 0. The van der Waals surface area contributed by atoms with Gasteiger partial charge in [-0.2, -0.15) is 0 Å². The van der Waals surface area contributed by atoms with Gasteiger partial charge in [0.15, 0.2) is 5.96 Å². The third-order valence-electron chi connectivity index (χ3n) is 5.67. The van der Waals surface area contributed by atoms with Crippen LogP contribution in [0.4, 0.5) is 0 Å². The summed E-state index contributed by atoms with van der Waals surface area (Å²) in [6, 6.07) is 8.72. The van der Waals surface area contributed by atoms with Gasteiger partial charge in [0, 0.05) is 38.7 Å². The highest BCUT2D eigenvalue weighted by Gasteiger charge is 2.15. The lowest BCUT2D eigenvalue weighted by Crippen LogP contribution is -2.37. The number of nitrogens with one attached hydrogen (secondary N) is 2. The Balaban J connectivity index is 0.00000320. The van der Waals surface area contributed by atoms with Crippen LogP contribution >= 0.6 is 24.0 Å². The lowest BCUT2D eigenvalue weighted by atomic mass is 10.0. The molecule has 1 aliphatic rings. The molecule has 1 aliphatic heterocycles. The second kappa shape index (κ2) is 12.9. The summed E-state index contributed by atoms with van der Waals surface area (Å²) in [5, 5.41) is 11.1. The predicted octanol–water partition coefficient (Wildman–Crippen LogP) is 4.27. The number of hydrogen-bond acceptors (Lipinski definition) is 4. The van der Waals surface area contributed by atoms with Crippen molar-refractivity contribution in [1.82, 2.24) is 20.7 Å². The second-order valence-electron chi connectivity index (χ2n) is 7.62. The van der Waals surface area contributed by atoms with Crippen molar-refractivity contribution in [1.29, 1.82) is 0 Å². The third-order valence-corrected chi connectivity index (χ3v) is 5.67. The van der Waals surface area contributed by atoms with E-state index in [0.717, 1.165) is 48.9 Å². The molecule has 7 heteroatoms. The van der Waals surface area contributed by atoms with Gasteiger partial charge in [0.1, 0.15) is 5.76 Å². The van der Waals surface area contributed by atoms with Crippen LogP contribution in [0.3, 0.4) is 0 Å². The summed E-state index contributed by atoms with van der Waals surface area (Å²) in [4.78, 5) is 6.96.